The van der Waals surface area contributed by atoms with Gasteiger partial charge in [-0.1, -0.05) is 6.92 Å². The van der Waals surface area contributed by atoms with E-state index in [2.05, 4.69) is 29.6 Å². The summed E-state index contributed by atoms with van der Waals surface area (Å²) in [5.41, 5.74) is 0. The number of hydrogen-bond acceptors (Lipinski definition) is 3. The van der Waals surface area contributed by atoms with Crippen molar-refractivity contribution in [1.29, 1.82) is 0 Å². The molecule has 3 atom stereocenters. The molecule has 0 aromatic heterocycles. The van der Waals surface area contributed by atoms with Crippen LogP contribution in [0.3, 0.4) is 0 Å². The van der Waals surface area contributed by atoms with Gasteiger partial charge in [-0.15, -0.1) is 0 Å². The standard InChI is InChI=1S/C14H29N3O2/c1-4-13(18)8-9-15-14(19)16-11-6-5-7-12(10-11)17(2)3/h11-13,18H,4-10H2,1-3H3,(H2,15,16,19). The molecule has 5 heteroatoms. The lowest BCUT2D eigenvalue weighted by Gasteiger charge is -2.33. The Morgan fingerprint density at radius 2 is 2.16 bits per heavy atom. The Morgan fingerprint density at radius 1 is 1.42 bits per heavy atom. The predicted octanol–water partition coefficient (Wildman–Crippen LogP) is 1.32. The van der Waals surface area contributed by atoms with Gasteiger partial charge in [-0.25, -0.2) is 4.79 Å². The van der Waals surface area contributed by atoms with Crippen molar-refractivity contribution < 1.29 is 9.90 Å². The van der Waals surface area contributed by atoms with Crippen molar-refractivity contribution in [2.24, 2.45) is 0 Å². The molecule has 0 bridgehead atoms. The number of urea groups is 1. The lowest BCUT2D eigenvalue weighted by atomic mass is 9.90. The molecule has 0 aliphatic heterocycles. The molecule has 19 heavy (non-hydrogen) atoms. The first-order valence-corrected chi connectivity index (χ1v) is 7.41. The molecule has 0 heterocycles. The number of hydrogen-bond donors (Lipinski definition) is 3. The molecule has 1 saturated carbocycles. The second-order valence-electron chi connectivity index (χ2n) is 5.73. The van der Waals surface area contributed by atoms with Crippen LogP contribution in [-0.2, 0) is 0 Å². The van der Waals surface area contributed by atoms with E-state index in [1.165, 1.54) is 12.8 Å². The first kappa shape index (κ1) is 16.2. The van der Waals surface area contributed by atoms with Crippen LogP contribution in [0.25, 0.3) is 0 Å². The van der Waals surface area contributed by atoms with E-state index in [-0.39, 0.29) is 18.2 Å². The van der Waals surface area contributed by atoms with Crippen molar-refractivity contribution in [3.8, 4) is 0 Å². The summed E-state index contributed by atoms with van der Waals surface area (Å²) in [6.07, 6.45) is 5.52. The number of aliphatic hydroxyl groups is 1. The summed E-state index contributed by atoms with van der Waals surface area (Å²) in [6.45, 7) is 2.47. The molecule has 5 nitrogen and oxygen atoms in total. The third-order valence-corrected chi connectivity index (χ3v) is 3.95. The summed E-state index contributed by atoms with van der Waals surface area (Å²) < 4.78 is 0. The minimum atomic E-state index is -0.312. The highest BCUT2D eigenvalue weighted by Crippen LogP contribution is 2.21. The maximum absolute atomic E-state index is 11.7. The van der Waals surface area contributed by atoms with Gasteiger partial charge in [0.15, 0.2) is 0 Å². The zero-order chi connectivity index (χ0) is 14.3. The van der Waals surface area contributed by atoms with Gasteiger partial charge in [0, 0.05) is 18.6 Å². The van der Waals surface area contributed by atoms with Gasteiger partial charge in [-0.05, 0) is 52.6 Å². The monoisotopic (exact) mass is 271 g/mol. The van der Waals surface area contributed by atoms with Gasteiger partial charge in [0.25, 0.3) is 0 Å². The van der Waals surface area contributed by atoms with Crippen molar-refractivity contribution in [3.05, 3.63) is 0 Å². The van der Waals surface area contributed by atoms with E-state index in [0.29, 0.717) is 19.0 Å². The Kier molecular flexibility index (Phi) is 7.16. The molecule has 112 valence electrons. The molecule has 0 saturated heterocycles. The third kappa shape index (κ3) is 6.25. The lowest BCUT2D eigenvalue weighted by Crippen LogP contribution is -2.47. The zero-order valence-electron chi connectivity index (χ0n) is 12.5. The first-order valence-electron chi connectivity index (χ1n) is 7.41. The largest absolute Gasteiger partial charge is 0.393 e. The second-order valence-corrected chi connectivity index (χ2v) is 5.73. The smallest absolute Gasteiger partial charge is 0.315 e. The normalized spacial score (nSPS) is 25.1. The summed E-state index contributed by atoms with van der Waals surface area (Å²) in [7, 11) is 4.19. The average molecular weight is 271 g/mol. The molecule has 3 unspecified atom stereocenters. The van der Waals surface area contributed by atoms with Gasteiger partial charge in [-0.3, -0.25) is 0 Å². The first-order chi connectivity index (χ1) is 9.02. The molecule has 0 aromatic rings. The highest BCUT2D eigenvalue weighted by Gasteiger charge is 2.24. The van der Waals surface area contributed by atoms with E-state index >= 15 is 0 Å². The van der Waals surface area contributed by atoms with Crippen molar-refractivity contribution in [2.75, 3.05) is 20.6 Å². The molecular formula is C14H29N3O2. The number of nitrogens with one attached hydrogen (secondary N) is 2. The van der Waals surface area contributed by atoms with E-state index in [9.17, 15) is 9.90 Å². The number of aliphatic hydroxyl groups excluding tert-OH is 1. The Balaban J connectivity index is 2.20. The fourth-order valence-electron chi connectivity index (χ4n) is 2.56. The minimum Gasteiger partial charge on any atom is -0.393 e. The van der Waals surface area contributed by atoms with Crippen LogP contribution in [0.5, 0.6) is 0 Å². The molecule has 1 rings (SSSR count). The summed E-state index contributed by atoms with van der Waals surface area (Å²) in [4.78, 5) is 14.0. The molecule has 1 aliphatic carbocycles. The Morgan fingerprint density at radius 3 is 2.79 bits per heavy atom. The fraction of sp³-hybridized carbons (Fsp3) is 0.929. The molecule has 0 spiro atoms. The molecular weight excluding hydrogens is 242 g/mol. The minimum absolute atomic E-state index is 0.104. The summed E-state index contributed by atoms with van der Waals surface area (Å²) >= 11 is 0. The van der Waals surface area contributed by atoms with Crippen molar-refractivity contribution in [1.82, 2.24) is 15.5 Å². The molecule has 0 aromatic carbocycles. The quantitative estimate of drug-likeness (QED) is 0.682. The number of nitrogens with zero attached hydrogens (tertiary/aromatic N) is 1. The third-order valence-electron chi connectivity index (χ3n) is 3.95. The van der Waals surface area contributed by atoms with Crippen LogP contribution in [0.2, 0.25) is 0 Å². The van der Waals surface area contributed by atoms with Crippen LogP contribution < -0.4 is 10.6 Å². The van der Waals surface area contributed by atoms with Crippen LogP contribution in [0.4, 0.5) is 4.79 Å². The van der Waals surface area contributed by atoms with Gasteiger partial charge in [0.05, 0.1) is 6.10 Å². The van der Waals surface area contributed by atoms with E-state index in [4.69, 9.17) is 0 Å². The summed E-state index contributed by atoms with van der Waals surface area (Å²) in [6, 6.07) is 0.742. The molecule has 0 radical (unpaired) electrons. The second kappa shape index (κ2) is 8.38. The number of rotatable bonds is 6. The van der Waals surface area contributed by atoms with E-state index in [0.717, 1.165) is 19.3 Å². The Bertz CT molecular complexity index is 271. The van der Waals surface area contributed by atoms with Gasteiger partial charge in [0.1, 0.15) is 0 Å². The molecule has 2 amide bonds. The molecule has 1 fully saturated rings. The van der Waals surface area contributed by atoms with Gasteiger partial charge in [-0.2, -0.15) is 0 Å². The highest BCUT2D eigenvalue weighted by molar-refractivity contribution is 5.74. The van der Waals surface area contributed by atoms with E-state index < -0.39 is 0 Å². The number of amides is 2. The fourth-order valence-corrected chi connectivity index (χ4v) is 2.56. The summed E-state index contributed by atoms with van der Waals surface area (Å²) in [5.74, 6) is 0. The lowest BCUT2D eigenvalue weighted by molar-refractivity contribution is 0.159. The molecule has 1 aliphatic rings. The maximum atomic E-state index is 11.7. The topological polar surface area (TPSA) is 64.6 Å². The van der Waals surface area contributed by atoms with Crippen molar-refractivity contribution >= 4 is 6.03 Å². The SMILES string of the molecule is CCC(O)CCNC(=O)NC1CCCC(N(C)C)C1. The van der Waals surface area contributed by atoms with Gasteiger partial charge >= 0.3 is 6.03 Å². The van der Waals surface area contributed by atoms with Crippen LogP contribution >= 0.6 is 0 Å². The predicted molar refractivity (Wildman–Crippen MR) is 77.2 cm³/mol. The van der Waals surface area contributed by atoms with Crippen LogP contribution in [0.15, 0.2) is 0 Å². The Labute approximate surface area is 116 Å². The summed E-state index contributed by atoms with van der Waals surface area (Å²) in [5, 5.41) is 15.3. The number of carbonyl (C=O) groups excluding carboxylic acids is 1. The van der Waals surface area contributed by atoms with Gasteiger partial charge in [0.2, 0.25) is 0 Å². The zero-order valence-corrected chi connectivity index (χ0v) is 12.5. The Hall–Kier alpha value is -0.810. The van der Waals surface area contributed by atoms with Crippen LogP contribution in [0.1, 0.15) is 45.4 Å². The molecule has 3 N–H and O–H groups in total. The maximum Gasteiger partial charge on any atom is 0.315 e. The van der Waals surface area contributed by atoms with Gasteiger partial charge < -0.3 is 20.6 Å². The highest BCUT2D eigenvalue weighted by atomic mass is 16.3. The van der Waals surface area contributed by atoms with Crippen molar-refractivity contribution in [3.63, 3.8) is 0 Å². The number of carbonyl (C=O) groups is 1. The van der Waals surface area contributed by atoms with E-state index in [1.54, 1.807) is 0 Å². The van der Waals surface area contributed by atoms with Crippen molar-refractivity contribution in [2.45, 2.75) is 63.6 Å². The van der Waals surface area contributed by atoms with Crippen LogP contribution in [-0.4, -0.2) is 54.9 Å². The average Bonchev–Trinajstić information content (AvgIpc) is 2.38. The van der Waals surface area contributed by atoms with E-state index in [1.807, 2.05) is 6.92 Å². The van der Waals surface area contributed by atoms with Crippen LogP contribution in [0, 0.1) is 0 Å².